The van der Waals surface area contributed by atoms with E-state index in [2.05, 4.69) is 10.6 Å². The van der Waals surface area contributed by atoms with Crippen LogP contribution in [-0.2, 0) is 4.79 Å². The summed E-state index contributed by atoms with van der Waals surface area (Å²) in [6.07, 6.45) is -1.61. The average molecular weight is 274 g/mol. The third kappa shape index (κ3) is 3.46. The Morgan fingerprint density at radius 2 is 1.80 bits per heavy atom. The van der Waals surface area contributed by atoms with Crippen LogP contribution in [0, 0.1) is 0 Å². The topological polar surface area (TPSA) is 98.7 Å². The van der Waals surface area contributed by atoms with Crippen molar-refractivity contribution in [2.24, 2.45) is 0 Å². The van der Waals surface area contributed by atoms with Gasteiger partial charge in [-0.25, -0.2) is 9.59 Å². The Morgan fingerprint density at radius 1 is 1.10 bits per heavy atom. The molecule has 2 amide bonds. The summed E-state index contributed by atoms with van der Waals surface area (Å²) in [6, 6.07) is 12.6. The van der Waals surface area contributed by atoms with Gasteiger partial charge >= 0.3 is 12.0 Å². The Hall–Kier alpha value is -2.60. The van der Waals surface area contributed by atoms with E-state index in [1.165, 1.54) is 0 Å². The van der Waals surface area contributed by atoms with Gasteiger partial charge in [0.2, 0.25) is 0 Å². The minimum Gasteiger partial charge on any atom is -0.479 e. The largest absolute Gasteiger partial charge is 0.479 e. The van der Waals surface area contributed by atoms with Gasteiger partial charge in [0.15, 0.2) is 6.10 Å². The van der Waals surface area contributed by atoms with Crippen LogP contribution in [-0.4, -0.2) is 34.9 Å². The van der Waals surface area contributed by atoms with Crippen molar-refractivity contribution in [3.05, 3.63) is 42.5 Å². The number of carboxylic acid groups (broad SMARTS) is 1. The molecular formula is C14H14N2O4. The molecule has 4 N–H and O–H groups in total. The highest BCUT2D eigenvalue weighted by Gasteiger charge is 2.13. The number of carboxylic acids is 1. The molecule has 6 nitrogen and oxygen atoms in total. The SMILES string of the molecule is O=C(NCC(O)C(=O)O)Nc1ccc2ccccc2c1. The number of carbonyl (C=O) groups is 2. The van der Waals surface area contributed by atoms with Gasteiger partial charge in [-0.1, -0.05) is 30.3 Å². The first-order valence-electron chi connectivity index (χ1n) is 6.01. The van der Waals surface area contributed by atoms with Crippen LogP contribution in [0.15, 0.2) is 42.5 Å². The van der Waals surface area contributed by atoms with Crippen molar-refractivity contribution in [2.45, 2.75) is 6.10 Å². The minimum absolute atomic E-state index is 0.352. The maximum Gasteiger partial charge on any atom is 0.334 e. The Morgan fingerprint density at radius 3 is 2.50 bits per heavy atom. The van der Waals surface area contributed by atoms with Crippen LogP contribution in [0.25, 0.3) is 10.8 Å². The van der Waals surface area contributed by atoms with Gasteiger partial charge in [0.05, 0.1) is 6.54 Å². The predicted molar refractivity (Wildman–Crippen MR) is 74.6 cm³/mol. The molecule has 20 heavy (non-hydrogen) atoms. The van der Waals surface area contributed by atoms with Gasteiger partial charge in [0.25, 0.3) is 0 Å². The fourth-order valence-corrected chi connectivity index (χ4v) is 1.72. The number of hydrogen-bond donors (Lipinski definition) is 4. The van der Waals surface area contributed by atoms with Crippen molar-refractivity contribution in [2.75, 3.05) is 11.9 Å². The molecule has 2 rings (SSSR count). The fraction of sp³-hybridized carbons (Fsp3) is 0.143. The molecule has 0 aliphatic carbocycles. The van der Waals surface area contributed by atoms with Gasteiger partial charge in [-0.15, -0.1) is 0 Å². The Bertz CT molecular complexity index is 642. The van der Waals surface area contributed by atoms with E-state index in [0.717, 1.165) is 10.8 Å². The Kier molecular flexibility index (Phi) is 4.17. The van der Waals surface area contributed by atoms with Crippen LogP contribution in [0.3, 0.4) is 0 Å². The number of aliphatic hydroxyl groups is 1. The molecule has 0 fully saturated rings. The molecule has 1 atom stereocenters. The summed E-state index contributed by atoms with van der Waals surface area (Å²) in [7, 11) is 0. The average Bonchev–Trinajstić information content (AvgIpc) is 2.44. The number of aliphatic carboxylic acids is 1. The van der Waals surface area contributed by atoms with E-state index in [4.69, 9.17) is 10.2 Å². The number of rotatable bonds is 4. The molecule has 2 aromatic carbocycles. The first-order chi connectivity index (χ1) is 9.56. The first-order valence-corrected chi connectivity index (χ1v) is 6.01. The zero-order valence-corrected chi connectivity index (χ0v) is 10.5. The van der Waals surface area contributed by atoms with Gasteiger partial charge in [0, 0.05) is 5.69 Å². The summed E-state index contributed by atoms with van der Waals surface area (Å²) in [5.74, 6) is -1.38. The van der Waals surface area contributed by atoms with Crippen molar-refractivity contribution in [1.82, 2.24) is 5.32 Å². The molecule has 0 aromatic heterocycles. The van der Waals surface area contributed by atoms with E-state index < -0.39 is 18.1 Å². The quantitative estimate of drug-likeness (QED) is 0.677. The number of nitrogens with one attached hydrogen (secondary N) is 2. The molecule has 0 radical (unpaired) electrons. The number of aliphatic hydroxyl groups excluding tert-OH is 1. The highest BCUT2D eigenvalue weighted by atomic mass is 16.4. The first kappa shape index (κ1) is 13.8. The molecule has 0 spiro atoms. The van der Waals surface area contributed by atoms with Gasteiger partial charge in [-0.05, 0) is 22.9 Å². The van der Waals surface area contributed by atoms with Gasteiger partial charge in [-0.2, -0.15) is 0 Å². The van der Waals surface area contributed by atoms with E-state index >= 15 is 0 Å². The molecule has 0 heterocycles. The highest BCUT2D eigenvalue weighted by molar-refractivity contribution is 5.93. The maximum absolute atomic E-state index is 11.5. The molecule has 1 unspecified atom stereocenters. The molecule has 0 aliphatic rings. The van der Waals surface area contributed by atoms with Crippen molar-refractivity contribution < 1.29 is 19.8 Å². The van der Waals surface area contributed by atoms with Crippen LogP contribution < -0.4 is 10.6 Å². The Labute approximate surface area is 115 Å². The molecule has 0 saturated carbocycles. The lowest BCUT2D eigenvalue weighted by atomic mass is 10.1. The zero-order valence-electron chi connectivity index (χ0n) is 10.5. The van der Waals surface area contributed by atoms with E-state index in [-0.39, 0.29) is 6.54 Å². The van der Waals surface area contributed by atoms with Crippen LogP contribution >= 0.6 is 0 Å². The minimum atomic E-state index is -1.61. The van der Waals surface area contributed by atoms with Gasteiger partial charge in [-0.3, -0.25) is 0 Å². The highest BCUT2D eigenvalue weighted by Crippen LogP contribution is 2.18. The number of fused-ring (bicyclic) bond motifs is 1. The number of hydrogen-bond acceptors (Lipinski definition) is 3. The summed E-state index contributed by atoms with van der Waals surface area (Å²) in [4.78, 5) is 21.9. The molecule has 2 aromatic rings. The number of benzene rings is 2. The summed E-state index contributed by atoms with van der Waals surface area (Å²) >= 11 is 0. The van der Waals surface area contributed by atoms with Crippen molar-refractivity contribution >= 4 is 28.5 Å². The summed E-state index contributed by atoms with van der Waals surface area (Å²) < 4.78 is 0. The molecule has 0 aliphatic heterocycles. The molecule has 0 saturated heterocycles. The number of urea groups is 1. The normalized spacial score (nSPS) is 11.8. The van der Waals surface area contributed by atoms with Crippen LogP contribution in [0.5, 0.6) is 0 Å². The second-order valence-electron chi connectivity index (χ2n) is 4.25. The van der Waals surface area contributed by atoms with Crippen molar-refractivity contribution in [3.8, 4) is 0 Å². The standard InChI is InChI=1S/C14H14N2O4/c17-12(13(18)19)8-15-14(20)16-11-6-5-9-3-1-2-4-10(9)7-11/h1-7,12,17H,8H2,(H,18,19)(H2,15,16,20). The van der Waals surface area contributed by atoms with E-state index in [1.54, 1.807) is 6.07 Å². The van der Waals surface area contributed by atoms with Crippen LogP contribution in [0.4, 0.5) is 10.5 Å². The van der Waals surface area contributed by atoms with Crippen molar-refractivity contribution in [3.63, 3.8) is 0 Å². The predicted octanol–water partition coefficient (Wildman–Crippen LogP) is 1.41. The third-order valence-corrected chi connectivity index (χ3v) is 2.75. The second kappa shape index (κ2) is 6.03. The maximum atomic E-state index is 11.5. The van der Waals surface area contributed by atoms with Crippen molar-refractivity contribution in [1.29, 1.82) is 0 Å². The fourth-order valence-electron chi connectivity index (χ4n) is 1.72. The monoisotopic (exact) mass is 274 g/mol. The molecular weight excluding hydrogens is 260 g/mol. The number of anilines is 1. The summed E-state index contributed by atoms with van der Waals surface area (Å²) in [6.45, 7) is -0.352. The smallest absolute Gasteiger partial charge is 0.334 e. The summed E-state index contributed by atoms with van der Waals surface area (Å²) in [5, 5.41) is 24.4. The summed E-state index contributed by atoms with van der Waals surface area (Å²) in [5.41, 5.74) is 0.589. The number of carbonyl (C=O) groups excluding carboxylic acids is 1. The van der Waals surface area contributed by atoms with Gasteiger partial charge < -0.3 is 20.8 Å². The molecule has 104 valence electrons. The van der Waals surface area contributed by atoms with Crippen LogP contribution in [0.1, 0.15) is 0 Å². The zero-order chi connectivity index (χ0) is 14.5. The molecule has 6 heteroatoms. The Balaban J connectivity index is 1.97. The van der Waals surface area contributed by atoms with Gasteiger partial charge in [0.1, 0.15) is 0 Å². The lowest BCUT2D eigenvalue weighted by Crippen LogP contribution is -2.38. The van der Waals surface area contributed by atoms with E-state index in [9.17, 15) is 9.59 Å². The number of amides is 2. The van der Waals surface area contributed by atoms with E-state index in [0.29, 0.717) is 5.69 Å². The van der Waals surface area contributed by atoms with Crippen LogP contribution in [0.2, 0.25) is 0 Å². The lowest BCUT2D eigenvalue weighted by molar-refractivity contribution is -0.146. The lowest BCUT2D eigenvalue weighted by Gasteiger charge is -2.10. The third-order valence-electron chi connectivity index (χ3n) is 2.75. The van der Waals surface area contributed by atoms with E-state index in [1.807, 2.05) is 36.4 Å². The molecule has 0 bridgehead atoms. The second-order valence-corrected chi connectivity index (χ2v) is 4.25.